The van der Waals surface area contributed by atoms with Crippen LogP contribution in [0.25, 0.3) is 0 Å². The second-order valence-electron chi connectivity index (χ2n) is 6.13. The third-order valence-corrected chi connectivity index (χ3v) is 7.57. The van der Waals surface area contributed by atoms with E-state index in [0.29, 0.717) is 16.6 Å². The molecule has 2 heterocycles. The predicted octanol–water partition coefficient (Wildman–Crippen LogP) is 3.84. The summed E-state index contributed by atoms with van der Waals surface area (Å²) in [5.41, 5.74) is 0.943. The van der Waals surface area contributed by atoms with Gasteiger partial charge in [0, 0.05) is 13.6 Å². The number of likely N-dealkylation sites (N-methyl/N-ethyl adjacent to an activating group) is 1. The third kappa shape index (κ3) is 5.02. The number of sulfonamides is 1. The van der Waals surface area contributed by atoms with Crippen LogP contribution in [0.2, 0.25) is 4.34 Å². The molecule has 28 heavy (non-hydrogen) atoms. The molecular weight excluding hydrogens is 420 g/mol. The Labute approximate surface area is 173 Å². The van der Waals surface area contributed by atoms with Gasteiger partial charge in [0.25, 0.3) is 10.0 Å². The van der Waals surface area contributed by atoms with Crippen LogP contribution in [0.15, 0.2) is 69.5 Å². The van der Waals surface area contributed by atoms with E-state index in [2.05, 4.69) is 0 Å². The first kappa shape index (κ1) is 20.6. The van der Waals surface area contributed by atoms with Crippen molar-refractivity contribution in [3.63, 3.8) is 0 Å². The Bertz CT molecular complexity index is 1020. The van der Waals surface area contributed by atoms with E-state index in [4.69, 9.17) is 16.0 Å². The van der Waals surface area contributed by atoms with Crippen LogP contribution in [0.4, 0.5) is 0 Å². The first-order chi connectivity index (χ1) is 13.4. The van der Waals surface area contributed by atoms with Gasteiger partial charge >= 0.3 is 0 Å². The van der Waals surface area contributed by atoms with Crippen molar-refractivity contribution in [3.05, 3.63) is 76.5 Å². The summed E-state index contributed by atoms with van der Waals surface area (Å²) in [5, 5.41) is 0. The number of hydrogen-bond donors (Lipinski definition) is 0. The van der Waals surface area contributed by atoms with Crippen molar-refractivity contribution in [2.45, 2.75) is 17.3 Å². The van der Waals surface area contributed by atoms with E-state index in [0.717, 1.165) is 21.2 Å². The van der Waals surface area contributed by atoms with Crippen molar-refractivity contribution in [3.8, 4) is 0 Å². The fourth-order valence-electron chi connectivity index (χ4n) is 2.59. The van der Waals surface area contributed by atoms with Gasteiger partial charge in [0.05, 0.1) is 23.7 Å². The van der Waals surface area contributed by atoms with Gasteiger partial charge in [0.1, 0.15) is 9.97 Å². The maximum Gasteiger partial charge on any atom is 0.252 e. The topological polar surface area (TPSA) is 70.8 Å². The number of thiophene rings is 1. The molecule has 9 heteroatoms. The van der Waals surface area contributed by atoms with E-state index in [-0.39, 0.29) is 23.2 Å². The van der Waals surface area contributed by atoms with Crippen molar-refractivity contribution in [1.82, 2.24) is 9.21 Å². The molecule has 0 unspecified atom stereocenters. The van der Waals surface area contributed by atoms with Crippen LogP contribution in [-0.4, -0.2) is 37.1 Å². The average molecular weight is 439 g/mol. The quantitative estimate of drug-likeness (QED) is 0.535. The molecule has 0 atom stereocenters. The Balaban J connectivity index is 1.76. The smallest absolute Gasteiger partial charge is 0.252 e. The highest BCUT2D eigenvalue weighted by atomic mass is 35.5. The van der Waals surface area contributed by atoms with Gasteiger partial charge in [-0.05, 0) is 29.8 Å². The number of furan rings is 1. The zero-order valence-electron chi connectivity index (χ0n) is 15.1. The van der Waals surface area contributed by atoms with Gasteiger partial charge in [-0.2, -0.15) is 4.31 Å². The number of amides is 1. The predicted molar refractivity (Wildman–Crippen MR) is 109 cm³/mol. The number of rotatable bonds is 8. The number of halogens is 1. The zero-order valence-corrected chi connectivity index (χ0v) is 17.5. The van der Waals surface area contributed by atoms with E-state index in [9.17, 15) is 13.2 Å². The standard InChI is InChI=1S/C19H19ClN2O4S2/c1-21(28(24,25)19-10-9-17(20)27-19)14-18(23)22(13-16-8-5-11-26-16)12-15-6-3-2-4-7-15/h2-11H,12-14H2,1H3. The molecular formula is C19H19ClN2O4S2. The molecule has 3 rings (SSSR count). The molecule has 1 amide bonds. The number of carbonyl (C=O) groups is 1. The van der Waals surface area contributed by atoms with Crippen LogP contribution in [0.1, 0.15) is 11.3 Å². The Morgan fingerprint density at radius 1 is 1.07 bits per heavy atom. The van der Waals surface area contributed by atoms with Crippen LogP contribution in [0, 0.1) is 0 Å². The lowest BCUT2D eigenvalue weighted by Gasteiger charge is -2.24. The zero-order chi connectivity index (χ0) is 20.1. The summed E-state index contributed by atoms with van der Waals surface area (Å²) in [4.78, 5) is 14.5. The maximum absolute atomic E-state index is 12.9. The SMILES string of the molecule is CN(CC(=O)N(Cc1ccccc1)Cc1ccco1)S(=O)(=O)c1ccc(Cl)s1. The summed E-state index contributed by atoms with van der Waals surface area (Å²) in [6.45, 7) is 0.309. The molecule has 3 aromatic rings. The second-order valence-corrected chi connectivity index (χ2v) is 10.1. The Morgan fingerprint density at radius 2 is 1.82 bits per heavy atom. The first-order valence-electron chi connectivity index (χ1n) is 8.42. The highest BCUT2D eigenvalue weighted by Gasteiger charge is 2.27. The van der Waals surface area contributed by atoms with Gasteiger partial charge < -0.3 is 9.32 Å². The van der Waals surface area contributed by atoms with Crippen LogP contribution in [-0.2, 0) is 27.9 Å². The van der Waals surface area contributed by atoms with Crippen molar-refractivity contribution in [1.29, 1.82) is 0 Å². The molecule has 1 aromatic carbocycles. The highest BCUT2D eigenvalue weighted by molar-refractivity contribution is 7.91. The fourth-order valence-corrected chi connectivity index (χ4v) is 5.41. The number of nitrogens with zero attached hydrogens (tertiary/aromatic N) is 2. The minimum Gasteiger partial charge on any atom is -0.467 e. The molecule has 148 valence electrons. The lowest BCUT2D eigenvalue weighted by Crippen LogP contribution is -2.40. The maximum atomic E-state index is 12.9. The average Bonchev–Trinajstić information content (AvgIpc) is 3.34. The summed E-state index contributed by atoms with van der Waals surface area (Å²) in [5.74, 6) is 0.300. The van der Waals surface area contributed by atoms with Crippen molar-refractivity contribution in [2.75, 3.05) is 13.6 Å². The molecule has 0 aliphatic carbocycles. The number of benzene rings is 1. The monoisotopic (exact) mass is 438 g/mol. The van der Waals surface area contributed by atoms with E-state index >= 15 is 0 Å². The van der Waals surface area contributed by atoms with Gasteiger partial charge in [-0.3, -0.25) is 4.79 Å². The second kappa shape index (κ2) is 8.91. The Hall–Kier alpha value is -2.13. The van der Waals surface area contributed by atoms with Crippen molar-refractivity contribution < 1.29 is 17.6 Å². The summed E-state index contributed by atoms with van der Waals surface area (Å²) >= 11 is 6.81. The molecule has 0 saturated heterocycles. The van der Waals surface area contributed by atoms with Gasteiger partial charge in [-0.25, -0.2) is 8.42 Å². The third-order valence-electron chi connectivity index (χ3n) is 4.07. The fraction of sp³-hybridized carbons (Fsp3) is 0.211. The largest absolute Gasteiger partial charge is 0.467 e. The van der Waals surface area contributed by atoms with Crippen LogP contribution in [0.3, 0.4) is 0 Å². The van der Waals surface area contributed by atoms with Crippen LogP contribution < -0.4 is 0 Å². The lowest BCUT2D eigenvalue weighted by molar-refractivity contribution is -0.132. The molecule has 0 N–H and O–H groups in total. The number of carbonyl (C=O) groups excluding carboxylic acids is 1. The minimum absolute atomic E-state index is 0.105. The molecule has 0 aliphatic rings. The number of hydrogen-bond acceptors (Lipinski definition) is 5. The Kier molecular flexibility index (Phi) is 6.56. The highest BCUT2D eigenvalue weighted by Crippen LogP contribution is 2.27. The van der Waals surface area contributed by atoms with E-state index in [1.807, 2.05) is 30.3 Å². The minimum atomic E-state index is -3.79. The molecule has 2 aromatic heterocycles. The molecule has 0 saturated carbocycles. The summed E-state index contributed by atoms with van der Waals surface area (Å²) < 4.78 is 32.2. The van der Waals surface area contributed by atoms with Gasteiger partial charge in [-0.1, -0.05) is 41.9 Å². The van der Waals surface area contributed by atoms with Crippen LogP contribution >= 0.6 is 22.9 Å². The molecule has 0 spiro atoms. The molecule has 6 nitrogen and oxygen atoms in total. The molecule has 0 bridgehead atoms. The molecule has 0 aliphatic heterocycles. The van der Waals surface area contributed by atoms with Gasteiger partial charge in [-0.15, -0.1) is 11.3 Å². The first-order valence-corrected chi connectivity index (χ1v) is 11.1. The van der Waals surface area contributed by atoms with Gasteiger partial charge in [0.2, 0.25) is 5.91 Å². The molecule has 0 radical (unpaired) electrons. The lowest BCUT2D eigenvalue weighted by atomic mass is 10.2. The van der Waals surface area contributed by atoms with Crippen molar-refractivity contribution in [2.24, 2.45) is 0 Å². The summed E-state index contributed by atoms with van der Waals surface area (Å²) in [6.07, 6.45) is 1.54. The summed E-state index contributed by atoms with van der Waals surface area (Å²) in [6, 6.07) is 16.0. The van der Waals surface area contributed by atoms with E-state index < -0.39 is 10.0 Å². The summed E-state index contributed by atoms with van der Waals surface area (Å²) in [7, 11) is -2.40. The molecule has 0 fully saturated rings. The van der Waals surface area contributed by atoms with Gasteiger partial charge in [0.15, 0.2) is 0 Å². The van der Waals surface area contributed by atoms with E-state index in [1.54, 1.807) is 17.0 Å². The van der Waals surface area contributed by atoms with E-state index in [1.165, 1.54) is 25.4 Å². The Morgan fingerprint density at radius 3 is 2.43 bits per heavy atom. The van der Waals surface area contributed by atoms with Crippen LogP contribution in [0.5, 0.6) is 0 Å². The normalized spacial score (nSPS) is 11.7. The van der Waals surface area contributed by atoms with Crippen molar-refractivity contribution >= 4 is 38.9 Å².